The number of carboxylic acids is 1. The molecule has 0 fully saturated rings. The highest BCUT2D eigenvalue weighted by molar-refractivity contribution is 5.89. The predicted octanol–water partition coefficient (Wildman–Crippen LogP) is 1.38. The van der Waals surface area contributed by atoms with E-state index in [2.05, 4.69) is 10.6 Å². The molecule has 6 nitrogen and oxygen atoms in total. The van der Waals surface area contributed by atoms with Crippen LogP contribution in [0.3, 0.4) is 0 Å². The summed E-state index contributed by atoms with van der Waals surface area (Å²) in [6.07, 6.45) is -1.60. The predicted molar refractivity (Wildman–Crippen MR) is 71.2 cm³/mol. The summed E-state index contributed by atoms with van der Waals surface area (Å²) in [5.41, 5.74) is 1.71. The van der Waals surface area contributed by atoms with Crippen LogP contribution in [-0.4, -0.2) is 34.9 Å². The molecule has 0 unspecified atom stereocenters. The van der Waals surface area contributed by atoms with Crippen molar-refractivity contribution in [3.63, 3.8) is 0 Å². The molecule has 0 aliphatic carbocycles. The van der Waals surface area contributed by atoms with E-state index in [-0.39, 0.29) is 6.54 Å². The third-order valence-corrected chi connectivity index (χ3v) is 2.55. The molecule has 19 heavy (non-hydrogen) atoms. The molecular formula is C13H18N2O4. The first kappa shape index (κ1) is 15.0. The van der Waals surface area contributed by atoms with Crippen molar-refractivity contribution in [3.8, 4) is 0 Å². The first-order valence-corrected chi connectivity index (χ1v) is 5.96. The molecule has 4 N–H and O–H groups in total. The molecule has 0 spiro atoms. The van der Waals surface area contributed by atoms with Crippen LogP contribution >= 0.6 is 0 Å². The van der Waals surface area contributed by atoms with E-state index in [9.17, 15) is 9.59 Å². The van der Waals surface area contributed by atoms with Crippen LogP contribution in [0.1, 0.15) is 25.3 Å². The molecule has 0 saturated carbocycles. The van der Waals surface area contributed by atoms with E-state index in [0.29, 0.717) is 11.6 Å². The number of carbonyl (C=O) groups excluding carboxylic acids is 1. The SMILES string of the molecule is CC(C)c1cccc(NC(=O)NC[C@H](O)C(=O)O)c1. The lowest BCUT2D eigenvalue weighted by Gasteiger charge is -2.11. The van der Waals surface area contributed by atoms with Gasteiger partial charge in [-0.05, 0) is 23.6 Å². The summed E-state index contributed by atoms with van der Waals surface area (Å²) >= 11 is 0. The lowest BCUT2D eigenvalue weighted by Crippen LogP contribution is -2.38. The molecule has 1 atom stereocenters. The molecule has 0 radical (unpaired) electrons. The van der Waals surface area contributed by atoms with Crippen LogP contribution in [0.2, 0.25) is 0 Å². The number of benzene rings is 1. The minimum absolute atomic E-state index is 0.342. The number of urea groups is 1. The van der Waals surface area contributed by atoms with Crippen molar-refractivity contribution < 1.29 is 19.8 Å². The molecule has 0 aromatic heterocycles. The zero-order chi connectivity index (χ0) is 14.4. The summed E-state index contributed by atoms with van der Waals surface area (Å²) in [5.74, 6) is -1.03. The Morgan fingerprint density at radius 2 is 2.00 bits per heavy atom. The Hall–Kier alpha value is -2.08. The number of hydrogen-bond acceptors (Lipinski definition) is 3. The molecule has 0 aliphatic heterocycles. The number of anilines is 1. The fourth-order valence-corrected chi connectivity index (χ4v) is 1.43. The highest BCUT2D eigenvalue weighted by atomic mass is 16.4. The van der Waals surface area contributed by atoms with Gasteiger partial charge in [-0.2, -0.15) is 0 Å². The van der Waals surface area contributed by atoms with Crippen molar-refractivity contribution in [2.75, 3.05) is 11.9 Å². The average molecular weight is 266 g/mol. The molecule has 1 aromatic rings. The Labute approximate surface area is 111 Å². The summed E-state index contributed by atoms with van der Waals surface area (Å²) in [6.45, 7) is 3.75. The number of amides is 2. The maximum absolute atomic E-state index is 11.5. The Bertz CT molecular complexity index is 460. The van der Waals surface area contributed by atoms with Gasteiger partial charge in [0.2, 0.25) is 0 Å². The van der Waals surface area contributed by atoms with Crippen LogP contribution in [0.4, 0.5) is 10.5 Å². The van der Waals surface area contributed by atoms with Gasteiger partial charge in [0.25, 0.3) is 0 Å². The van der Waals surface area contributed by atoms with E-state index in [4.69, 9.17) is 10.2 Å². The zero-order valence-electron chi connectivity index (χ0n) is 10.9. The maximum Gasteiger partial charge on any atom is 0.334 e. The van der Waals surface area contributed by atoms with E-state index < -0.39 is 18.1 Å². The van der Waals surface area contributed by atoms with Crippen molar-refractivity contribution in [2.24, 2.45) is 0 Å². The molecular weight excluding hydrogens is 248 g/mol. The van der Waals surface area contributed by atoms with E-state index in [1.165, 1.54) is 0 Å². The number of aliphatic hydroxyl groups excluding tert-OH is 1. The number of aliphatic hydroxyl groups is 1. The van der Waals surface area contributed by atoms with Crippen LogP contribution in [0.15, 0.2) is 24.3 Å². The van der Waals surface area contributed by atoms with Gasteiger partial charge in [0, 0.05) is 5.69 Å². The van der Waals surface area contributed by atoms with E-state index >= 15 is 0 Å². The minimum atomic E-state index is -1.60. The Kier molecular flexibility index (Phi) is 5.32. The molecule has 0 aliphatic rings. The highest BCUT2D eigenvalue weighted by Crippen LogP contribution is 2.18. The first-order chi connectivity index (χ1) is 8.90. The smallest absolute Gasteiger partial charge is 0.334 e. The van der Waals surface area contributed by atoms with Crippen LogP contribution in [0.5, 0.6) is 0 Å². The number of aliphatic carboxylic acids is 1. The summed E-state index contributed by atoms with van der Waals surface area (Å²) in [4.78, 5) is 21.9. The number of carbonyl (C=O) groups is 2. The molecule has 6 heteroatoms. The van der Waals surface area contributed by atoms with Crippen LogP contribution in [0, 0.1) is 0 Å². The quantitative estimate of drug-likeness (QED) is 0.647. The van der Waals surface area contributed by atoms with Gasteiger partial charge in [-0.1, -0.05) is 26.0 Å². The lowest BCUT2D eigenvalue weighted by atomic mass is 10.0. The molecule has 1 rings (SSSR count). The Morgan fingerprint density at radius 1 is 1.32 bits per heavy atom. The molecule has 0 heterocycles. The molecule has 104 valence electrons. The Balaban J connectivity index is 2.53. The normalized spacial score (nSPS) is 12.0. The van der Waals surface area contributed by atoms with Gasteiger partial charge >= 0.3 is 12.0 Å². The summed E-state index contributed by atoms with van der Waals surface area (Å²) < 4.78 is 0. The molecule has 2 amide bonds. The van der Waals surface area contributed by atoms with Crippen molar-refractivity contribution in [3.05, 3.63) is 29.8 Å². The van der Waals surface area contributed by atoms with Gasteiger partial charge in [0.05, 0.1) is 6.54 Å². The van der Waals surface area contributed by atoms with E-state index in [1.54, 1.807) is 6.07 Å². The van der Waals surface area contributed by atoms with E-state index in [1.807, 2.05) is 32.0 Å². The lowest BCUT2D eigenvalue weighted by molar-refractivity contribution is -0.146. The van der Waals surface area contributed by atoms with Gasteiger partial charge in [-0.25, -0.2) is 9.59 Å². The van der Waals surface area contributed by atoms with Gasteiger partial charge in [0.15, 0.2) is 6.10 Å². The molecule has 1 aromatic carbocycles. The summed E-state index contributed by atoms with van der Waals surface area (Å²) in [6, 6.07) is 6.82. The van der Waals surface area contributed by atoms with Gasteiger partial charge < -0.3 is 20.8 Å². The van der Waals surface area contributed by atoms with Crippen molar-refractivity contribution in [1.29, 1.82) is 0 Å². The maximum atomic E-state index is 11.5. The second-order valence-corrected chi connectivity index (χ2v) is 4.47. The summed E-state index contributed by atoms with van der Waals surface area (Å²) in [7, 11) is 0. The second kappa shape index (κ2) is 6.75. The number of carboxylic acid groups (broad SMARTS) is 1. The van der Waals surface area contributed by atoms with Gasteiger partial charge in [-0.15, -0.1) is 0 Å². The van der Waals surface area contributed by atoms with E-state index in [0.717, 1.165) is 5.56 Å². The van der Waals surface area contributed by atoms with Crippen molar-refractivity contribution in [1.82, 2.24) is 5.32 Å². The fraction of sp³-hybridized carbons (Fsp3) is 0.385. The molecule has 0 saturated heterocycles. The van der Waals surface area contributed by atoms with Crippen LogP contribution in [-0.2, 0) is 4.79 Å². The average Bonchev–Trinajstić information content (AvgIpc) is 2.36. The largest absolute Gasteiger partial charge is 0.479 e. The Morgan fingerprint density at radius 3 is 2.58 bits per heavy atom. The van der Waals surface area contributed by atoms with Crippen LogP contribution < -0.4 is 10.6 Å². The molecule has 0 bridgehead atoms. The topological polar surface area (TPSA) is 98.7 Å². The zero-order valence-corrected chi connectivity index (χ0v) is 10.9. The minimum Gasteiger partial charge on any atom is -0.479 e. The number of hydrogen-bond donors (Lipinski definition) is 4. The van der Waals surface area contributed by atoms with Gasteiger partial charge in [-0.3, -0.25) is 0 Å². The number of nitrogens with one attached hydrogen (secondary N) is 2. The summed E-state index contributed by atoms with van der Waals surface area (Å²) in [5, 5.41) is 22.3. The third-order valence-electron chi connectivity index (χ3n) is 2.55. The second-order valence-electron chi connectivity index (χ2n) is 4.47. The fourth-order valence-electron chi connectivity index (χ4n) is 1.43. The third kappa shape index (κ3) is 4.97. The van der Waals surface area contributed by atoms with Crippen molar-refractivity contribution in [2.45, 2.75) is 25.9 Å². The standard InChI is InChI=1S/C13H18N2O4/c1-8(2)9-4-3-5-10(6-9)15-13(19)14-7-11(16)12(17)18/h3-6,8,11,16H,7H2,1-2H3,(H,17,18)(H2,14,15,19)/t11-/m0/s1. The van der Waals surface area contributed by atoms with Crippen molar-refractivity contribution >= 4 is 17.7 Å². The van der Waals surface area contributed by atoms with Gasteiger partial charge in [0.1, 0.15) is 0 Å². The van der Waals surface area contributed by atoms with Crippen LogP contribution in [0.25, 0.3) is 0 Å². The monoisotopic (exact) mass is 266 g/mol. The highest BCUT2D eigenvalue weighted by Gasteiger charge is 2.14. The number of rotatable bonds is 5. The first-order valence-electron chi connectivity index (χ1n) is 5.96.